The molecule has 0 aliphatic carbocycles. The number of nitriles is 1. The molecule has 1 aromatic rings. The van der Waals surface area contributed by atoms with Crippen LogP contribution >= 0.6 is 0 Å². The molecule has 0 saturated carbocycles. The molecule has 1 rings (SSSR count). The predicted octanol–water partition coefficient (Wildman–Crippen LogP) is 3.03. The van der Waals surface area contributed by atoms with Crippen LogP contribution in [-0.2, 0) is 0 Å². The van der Waals surface area contributed by atoms with Gasteiger partial charge in [0.25, 0.3) is 0 Å². The van der Waals surface area contributed by atoms with Crippen molar-refractivity contribution in [2.24, 2.45) is 0 Å². The zero-order valence-electron chi connectivity index (χ0n) is 8.73. The number of rotatable bonds is 2. The van der Waals surface area contributed by atoms with E-state index in [0.29, 0.717) is 16.7 Å². The standard InChI is InChI=1S/C13H8N3/c1-10(8-14)13(12(9-15)16-2)11-6-4-3-5-7-11/h3-7H,1H3/q-1/b13-10+. The molecule has 0 saturated heterocycles. The molecule has 0 spiro atoms. The number of benzene rings is 1. The van der Waals surface area contributed by atoms with Gasteiger partial charge in [0.15, 0.2) is 0 Å². The average molecular weight is 206 g/mol. The van der Waals surface area contributed by atoms with Gasteiger partial charge >= 0.3 is 0 Å². The molecule has 76 valence electrons. The van der Waals surface area contributed by atoms with E-state index in [1.54, 1.807) is 31.2 Å². The first kappa shape index (κ1) is 11.5. The highest BCUT2D eigenvalue weighted by molar-refractivity contribution is 5.93. The molecule has 3 heteroatoms. The lowest BCUT2D eigenvalue weighted by atomic mass is 9.99. The fraction of sp³-hybridized carbons (Fsp3) is 0.0769. The summed E-state index contributed by atoms with van der Waals surface area (Å²) in [4.78, 5) is 3.15. The van der Waals surface area contributed by atoms with Crippen LogP contribution in [0.1, 0.15) is 12.5 Å². The summed E-state index contributed by atoms with van der Waals surface area (Å²) in [5.41, 5.74) is 1.46. The molecule has 16 heavy (non-hydrogen) atoms. The summed E-state index contributed by atoms with van der Waals surface area (Å²) < 4.78 is 0. The zero-order chi connectivity index (χ0) is 12.0. The highest BCUT2D eigenvalue weighted by Crippen LogP contribution is 2.25. The Labute approximate surface area is 94.3 Å². The van der Waals surface area contributed by atoms with E-state index in [-0.39, 0.29) is 5.70 Å². The number of hydrogen-bond acceptors (Lipinski definition) is 1. The Bertz CT molecular complexity index is 547. The lowest BCUT2D eigenvalue weighted by Gasteiger charge is -2.06. The summed E-state index contributed by atoms with van der Waals surface area (Å²) in [6.07, 6.45) is 0. The summed E-state index contributed by atoms with van der Waals surface area (Å²) in [5, 5.41) is 17.7. The second kappa shape index (κ2) is 5.32. The second-order valence-electron chi connectivity index (χ2n) is 3.05. The monoisotopic (exact) mass is 206 g/mol. The van der Waals surface area contributed by atoms with Crippen molar-refractivity contribution in [1.29, 1.82) is 5.26 Å². The van der Waals surface area contributed by atoms with Crippen molar-refractivity contribution in [3.8, 4) is 6.07 Å². The van der Waals surface area contributed by atoms with Gasteiger partial charge in [0, 0.05) is 11.1 Å². The molecular weight excluding hydrogens is 198 g/mol. The maximum absolute atomic E-state index is 8.87. The third-order valence-electron chi connectivity index (χ3n) is 2.06. The summed E-state index contributed by atoms with van der Waals surface area (Å²) >= 11 is 0. The Balaban J connectivity index is 3.50. The van der Waals surface area contributed by atoms with E-state index < -0.39 is 0 Å². The molecule has 1 aromatic carbocycles. The Morgan fingerprint density at radius 2 is 2.00 bits per heavy atom. The fourth-order valence-corrected chi connectivity index (χ4v) is 1.33. The minimum atomic E-state index is -0.0507. The van der Waals surface area contributed by atoms with E-state index in [2.05, 4.69) is 4.85 Å². The lowest BCUT2D eigenvalue weighted by molar-refractivity contribution is 1.43. The highest BCUT2D eigenvalue weighted by Gasteiger charge is 2.09. The van der Waals surface area contributed by atoms with Crippen LogP contribution in [0.3, 0.4) is 0 Å². The van der Waals surface area contributed by atoms with Crippen molar-refractivity contribution >= 4 is 11.4 Å². The predicted molar refractivity (Wildman–Crippen MR) is 63.1 cm³/mol. The Morgan fingerprint density at radius 1 is 1.38 bits per heavy atom. The maximum atomic E-state index is 8.87. The van der Waals surface area contributed by atoms with Crippen molar-refractivity contribution in [3.05, 3.63) is 64.0 Å². The first-order valence-corrected chi connectivity index (χ1v) is 4.56. The molecule has 0 N–H and O–H groups in total. The van der Waals surface area contributed by atoms with E-state index in [9.17, 15) is 0 Å². The first-order chi connectivity index (χ1) is 7.74. The van der Waals surface area contributed by atoms with Gasteiger partial charge in [-0.05, 0) is 12.5 Å². The highest BCUT2D eigenvalue weighted by atomic mass is 14.7. The van der Waals surface area contributed by atoms with E-state index in [1.165, 1.54) is 0 Å². The van der Waals surface area contributed by atoms with E-state index in [4.69, 9.17) is 17.2 Å². The van der Waals surface area contributed by atoms with Crippen LogP contribution in [0.15, 0.2) is 41.6 Å². The van der Waals surface area contributed by atoms with Gasteiger partial charge in [-0.3, -0.25) is 5.87 Å². The van der Waals surface area contributed by atoms with Crippen LogP contribution in [-0.4, -0.2) is 5.87 Å². The average Bonchev–Trinajstić information content (AvgIpc) is 2.36. The van der Waals surface area contributed by atoms with Crippen molar-refractivity contribution in [2.75, 3.05) is 0 Å². The first-order valence-electron chi connectivity index (χ1n) is 4.56. The van der Waals surface area contributed by atoms with Crippen LogP contribution in [0.25, 0.3) is 15.8 Å². The molecule has 0 heterocycles. The van der Waals surface area contributed by atoms with Gasteiger partial charge in [-0.1, -0.05) is 30.3 Å². The lowest BCUT2D eigenvalue weighted by Crippen LogP contribution is -1.90. The molecule has 0 amide bonds. The summed E-state index contributed by atoms with van der Waals surface area (Å²) in [5.74, 6) is 1.82. The smallest absolute Gasteiger partial charge is 0.214 e. The molecule has 0 radical (unpaired) electrons. The summed E-state index contributed by atoms with van der Waals surface area (Å²) in [6, 6.07) is 11.0. The van der Waals surface area contributed by atoms with Crippen LogP contribution in [0.4, 0.5) is 0 Å². The van der Waals surface area contributed by atoms with Gasteiger partial charge in [0.1, 0.15) is 0 Å². The number of hydrogen-bond donors (Lipinski definition) is 0. The Morgan fingerprint density at radius 3 is 2.44 bits per heavy atom. The molecule has 0 fully saturated rings. The van der Waals surface area contributed by atoms with Crippen LogP contribution in [0, 0.1) is 17.9 Å². The third-order valence-corrected chi connectivity index (χ3v) is 2.06. The fourth-order valence-electron chi connectivity index (χ4n) is 1.33. The van der Waals surface area contributed by atoms with Crippen molar-refractivity contribution in [2.45, 2.75) is 6.92 Å². The third kappa shape index (κ3) is 2.25. The molecule has 0 bridgehead atoms. The minimum Gasteiger partial charge on any atom is -0.775 e. The summed E-state index contributed by atoms with van der Waals surface area (Å²) in [6.45, 7) is 8.53. The number of allylic oxidation sites excluding steroid dienone is 2. The van der Waals surface area contributed by atoms with Gasteiger partial charge in [-0.25, -0.2) is 4.85 Å². The molecular formula is C13H8N3-. The van der Waals surface area contributed by atoms with Gasteiger partial charge in [0.2, 0.25) is 5.70 Å². The van der Waals surface area contributed by atoms with Gasteiger partial charge in [-0.15, -0.1) is 0 Å². The van der Waals surface area contributed by atoms with E-state index in [0.717, 1.165) is 0 Å². The van der Waals surface area contributed by atoms with E-state index >= 15 is 0 Å². The van der Waals surface area contributed by atoms with E-state index in [1.807, 2.05) is 18.0 Å². The quantitative estimate of drug-likeness (QED) is 0.317. The number of nitrogens with zero attached hydrogens (tertiary/aromatic N) is 3. The van der Waals surface area contributed by atoms with Crippen molar-refractivity contribution in [1.82, 2.24) is 0 Å². The summed E-state index contributed by atoms with van der Waals surface area (Å²) in [7, 11) is 0. The molecule has 3 nitrogen and oxygen atoms in total. The molecule has 0 aromatic heterocycles. The Kier molecular flexibility index (Phi) is 3.81. The second-order valence-corrected chi connectivity index (χ2v) is 3.05. The van der Waals surface area contributed by atoms with Crippen molar-refractivity contribution in [3.63, 3.8) is 0 Å². The van der Waals surface area contributed by atoms with Gasteiger partial charge in [-0.2, -0.15) is 5.26 Å². The molecule has 0 aliphatic rings. The molecule has 0 unspecified atom stereocenters. The SMILES string of the molecule is [C-]#[N+]C(=C=[N-])/C(=C(\C)C#N)c1ccccc1. The van der Waals surface area contributed by atoms with Crippen molar-refractivity contribution < 1.29 is 0 Å². The maximum Gasteiger partial charge on any atom is 0.214 e. The largest absolute Gasteiger partial charge is 0.775 e. The molecule has 0 atom stereocenters. The molecule has 0 aliphatic heterocycles. The minimum absolute atomic E-state index is 0.0507. The topological polar surface area (TPSA) is 50.5 Å². The zero-order valence-corrected chi connectivity index (χ0v) is 8.73. The van der Waals surface area contributed by atoms with Crippen LogP contribution < -0.4 is 0 Å². The Hall–Kier alpha value is -2.61. The van der Waals surface area contributed by atoms with Gasteiger partial charge < -0.3 is 5.41 Å². The van der Waals surface area contributed by atoms with Crippen LogP contribution in [0.2, 0.25) is 0 Å². The van der Waals surface area contributed by atoms with Gasteiger partial charge in [0.05, 0.1) is 12.6 Å². The van der Waals surface area contributed by atoms with Crippen LogP contribution in [0.5, 0.6) is 0 Å². The normalized spacial score (nSPS) is 10.4.